The molecule has 3 aromatic carbocycles. The van der Waals surface area contributed by atoms with Crippen molar-refractivity contribution in [1.29, 1.82) is 0 Å². The highest BCUT2D eigenvalue weighted by atomic mass is 14.9. The number of nitrogen functional groups attached to an aromatic ring is 1. The third kappa shape index (κ3) is 2.25. The first-order chi connectivity index (χ1) is 9.24. The van der Waals surface area contributed by atoms with E-state index in [9.17, 15) is 0 Å². The van der Waals surface area contributed by atoms with Gasteiger partial charge in [0.25, 0.3) is 0 Å². The monoisotopic (exact) mass is 248 g/mol. The zero-order valence-corrected chi connectivity index (χ0v) is 10.9. The van der Waals surface area contributed by atoms with Crippen LogP contribution in [0.3, 0.4) is 0 Å². The Morgan fingerprint density at radius 3 is 2.37 bits per heavy atom. The zero-order chi connectivity index (χ0) is 13.2. The Labute approximate surface area is 112 Å². The second kappa shape index (κ2) is 4.65. The van der Waals surface area contributed by atoms with Crippen LogP contribution >= 0.6 is 0 Å². The fourth-order valence-electron chi connectivity index (χ4n) is 2.20. The van der Waals surface area contributed by atoms with E-state index in [0.717, 1.165) is 27.8 Å². The normalized spacial score (nSPS) is 10.6. The maximum atomic E-state index is 6.23. The summed E-state index contributed by atoms with van der Waals surface area (Å²) in [4.78, 5) is 0. The predicted molar refractivity (Wildman–Crippen MR) is 82.8 cm³/mol. The summed E-state index contributed by atoms with van der Waals surface area (Å²) in [5, 5.41) is 5.61. The molecule has 94 valence electrons. The van der Waals surface area contributed by atoms with Crippen molar-refractivity contribution in [3.8, 4) is 0 Å². The summed E-state index contributed by atoms with van der Waals surface area (Å²) in [5.41, 5.74) is 10.3. The van der Waals surface area contributed by atoms with Crippen molar-refractivity contribution in [2.45, 2.75) is 6.92 Å². The summed E-state index contributed by atoms with van der Waals surface area (Å²) in [5.74, 6) is 0. The maximum absolute atomic E-state index is 6.23. The molecule has 0 aliphatic carbocycles. The van der Waals surface area contributed by atoms with Gasteiger partial charge in [-0.2, -0.15) is 0 Å². The second-order valence-corrected chi connectivity index (χ2v) is 4.74. The van der Waals surface area contributed by atoms with Crippen LogP contribution in [0.5, 0.6) is 0 Å². The molecular weight excluding hydrogens is 232 g/mol. The summed E-state index contributed by atoms with van der Waals surface area (Å²) in [7, 11) is 0. The van der Waals surface area contributed by atoms with Gasteiger partial charge >= 0.3 is 0 Å². The topological polar surface area (TPSA) is 38.0 Å². The summed E-state index contributed by atoms with van der Waals surface area (Å²) < 4.78 is 0. The molecule has 0 fully saturated rings. The lowest BCUT2D eigenvalue weighted by Gasteiger charge is -2.12. The van der Waals surface area contributed by atoms with Gasteiger partial charge in [0.05, 0.1) is 11.4 Å². The molecular formula is C17H16N2. The number of nitrogens with two attached hydrogens (primary N) is 1. The molecule has 19 heavy (non-hydrogen) atoms. The van der Waals surface area contributed by atoms with Gasteiger partial charge in [-0.1, -0.05) is 48.0 Å². The van der Waals surface area contributed by atoms with E-state index in [1.54, 1.807) is 0 Å². The van der Waals surface area contributed by atoms with E-state index in [2.05, 4.69) is 48.6 Å². The molecule has 0 saturated heterocycles. The first kappa shape index (κ1) is 11.6. The highest BCUT2D eigenvalue weighted by Gasteiger charge is 2.04. The number of fused-ring (bicyclic) bond motifs is 1. The molecule has 3 N–H and O–H groups in total. The highest BCUT2D eigenvalue weighted by Crippen LogP contribution is 2.30. The highest BCUT2D eigenvalue weighted by molar-refractivity contribution is 5.99. The summed E-state index contributed by atoms with van der Waals surface area (Å²) in [6.07, 6.45) is 0. The average molecular weight is 248 g/mol. The lowest BCUT2D eigenvalue weighted by atomic mass is 10.1. The third-order valence-electron chi connectivity index (χ3n) is 3.30. The van der Waals surface area contributed by atoms with Gasteiger partial charge in [0.15, 0.2) is 0 Å². The molecule has 0 bridgehead atoms. The second-order valence-electron chi connectivity index (χ2n) is 4.74. The number of anilines is 3. The van der Waals surface area contributed by atoms with Crippen LogP contribution in [0.4, 0.5) is 17.1 Å². The fraction of sp³-hybridized carbons (Fsp3) is 0.0588. The number of aryl methyl sites for hydroxylation is 1. The molecule has 3 rings (SSSR count). The molecule has 3 aromatic rings. The van der Waals surface area contributed by atoms with Crippen molar-refractivity contribution >= 4 is 27.8 Å². The van der Waals surface area contributed by atoms with Gasteiger partial charge in [-0.05, 0) is 30.5 Å². The van der Waals surface area contributed by atoms with Gasteiger partial charge in [0.2, 0.25) is 0 Å². The lowest BCUT2D eigenvalue weighted by molar-refractivity contribution is 1.46. The average Bonchev–Trinajstić information content (AvgIpc) is 2.45. The molecule has 2 heteroatoms. The summed E-state index contributed by atoms with van der Waals surface area (Å²) in [6.45, 7) is 2.08. The van der Waals surface area contributed by atoms with Crippen LogP contribution in [0.25, 0.3) is 10.8 Å². The Balaban J connectivity index is 2.01. The van der Waals surface area contributed by atoms with Gasteiger partial charge in [0, 0.05) is 11.1 Å². The van der Waals surface area contributed by atoms with Crippen LogP contribution in [0.2, 0.25) is 0 Å². The fourth-order valence-corrected chi connectivity index (χ4v) is 2.20. The molecule has 0 atom stereocenters. The number of hydrogen-bond acceptors (Lipinski definition) is 2. The van der Waals surface area contributed by atoms with E-state index < -0.39 is 0 Å². The predicted octanol–water partition coefficient (Wildman–Crippen LogP) is 4.47. The number of nitrogens with one attached hydrogen (secondary N) is 1. The lowest BCUT2D eigenvalue weighted by Crippen LogP contribution is -1.97. The van der Waals surface area contributed by atoms with Gasteiger partial charge in [-0.15, -0.1) is 0 Å². The van der Waals surface area contributed by atoms with Crippen LogP contribution in [-0.4, -0.2) is 0 Å². The number of rotatable bonds is 2. The van der Waals surface area contributed by atoms with E-state index in [1.165, 1.54) is 5.56 Å². The molecule has 0 aliphatic rings. The summed E-state index contributed by atoms with van der Waals surface area (Å²) >= 11 is 0. The standard InChI is InChI=1S/C17H16N2/c1-12-6-9-14(10-7-12)19-16-11-8-13-4-2-3-5-15(13)17(16)18/h2-11,19H,18H2,1H3. The van der Waals surface area contributed by atoms with Gasteiger partial charge in [-0.3, -0.25) is 0 Å². The molecule has 0 radical (unpaired) electrons. The summed E-state index contributed by atoms with van der Waals surface area (Å²) in [6, 6.07) is 20.5. The quantitative estimate of drug-likeness (QED) is 0.656. The maximum Gasteiger partial charge on any atom is 0.0633 e. The Bertz CT molecular complexity index is 715. The van der Waals surface area contributed by atoms with Gasteiger partial charge < -0.3 is 11.1 Å². The minimum absolute atomic E-state index is 0.790. The number of hydrogen-bond donors (Lipinski definition) is 2. The number of benzene rings is 3. The van der Waals surface area contributed by atoms with Gasteiger partial charge in [0.1, 0.15) is 0 Å². The van der Waals surface area contributed by atoms with Crippen molar-refractivity contribution in [3.05, 3.63) is 66.2 Å². The van der Waals surface area contributed by atoms with E-state index >= 15 is 0 Å². The minimum atomic E-state index is 0.790. The van der Waals surface area contributed by atoms with Crippen molar-refractivity contribution in [1.82, 2.24) is 0 Å². The molecule has 0 spiro atoms. The van der Waals surface area contributed by atoms with Crippen LogP contribution in [0.1, 0.15) is 5.56 Å². The van der Waals surface area contributed by atoms with Crippen LogP contribution in [0.15, 0.2) is 60.7 Å². The molecule has 0 heterocycles. The molecule has 0 amide bonds. The molecule has 0 saturated carbocycles. The Morgan fingerprint density at radius 1 is 0.842 bits per heavy atom. The van der Waals surface area contributed by atoms with Crippen molar-refractivity contribution in [2.75, 3.05) is 11.1 Å². The first-order valence-corrected chi connectivity index (χ1v) is 6.35. The first-order valence-electron chi connectivity index (χ1n) is 6.35. The smallest absolute Gasteiger partial charge is 0.0633 e. The van der Waals surface area contributed by atoms with E-state index in [1.807, 2.05) is 24.3 Å². The molecule has 0 unspecified atom stereocenters. The molecule has 0 aromatic heterocycles. The largest absolute Gasteiger partial charge is 0.397 e. The molecule has 0 aliphatic heterocycles. The van der Waals surface area contributed by atoms with Crippen LogP contribution in [-0.2, 0) is 0 Å². The van der Waals surface area contributed by atoms with Crippen LogP contribution < -0.4 is 11.1 Å². The van der Waals surface area contributed by atoms with Crippen molar-refractivity contribution < 1.29 is 0 Å². The van der Waals surface area contributed by atoms with Gasteiger partial charge in [-0.25, -0.2) is 0 Å². The Morgan fingerprint density at radius 2 is 1.58 bits per heavy atom. The SMILES string of the molecule is Cc1ccc(Nc2ccc3ccccc3c2N)cc1. The Hall–Kier alpha value is -2.48. The van der Waals surface area contributed by atoms with E-state index in [4.69, 9.17) is 5.73 Å². The van der Waals surface area contributed by atoms with Crippen molar-refractivity contribution in [3.63, 3.8) is 0 Å². The van der Waals surface area contributed by atoms with E-state index in [-0.39, 0.29) is 0 Å². The van der Waals surface area contributed by atoms with E-state index in [0.29, 0.717) is 0 Å². The van der Waals surface area contributed by atoms with Crippen LogP contribution in [0, 0.1) is 6.92 Å². The zero-order valence-electron chi connectivity index (χ0n) is 10.9. The minimum Gasteiger partial charge on any atom is -0.397 e. The van der Waals surface area contributed by atoms with Crippen molar-refractivity contribution in [2.24, 2.45) is 0 Å². The Kier molecular flexibility index (Phi) is 2.84. The third-order valence-corrected chi connectivity index (χ3v) is 3.30. The molecule has 2 nitrogen and oxygen atoms in total.